The molecule has 2 heterocycles. The first-order valence-corrected chi connectivity index (χ1v) is 7.79. The lowest BCUT2D eigenvalue weighted by molar-refractivity contribution is 0.794. The molecule has 1 saturated heterocycles. The number of pyridine rings is 1. The van der Waals surface area contributed by atoms with E-state index >= 15 is 0 Å². The van der Waals surface area contributed by atoms with Crippen molar-refractivity contribution in [2.45, 2.75) is 25.7 Å². The van der Waals surface area contributed by atoms with Crippen LogP contribution in [0.1, 0.15) is 29.7 Å². The molecule has 1 fully saturated rings. The molecular weight excluding hydrogens is 242 g/mol. The quantitative estimate of drug-likeness (QED) is 0.776. The highest BCUT2D eigenvalue weighted by Gasteiger charge is 2.20. The van der Waals surface area contributed by atoms with Crippen LogP contribution in [-0.2, 0) is 12.8 Å². The van der Waals surface area contributed by atoms with Crippen molar-refractivity contribution in [2.24, 2.45) is 0 Å². The summed E-state index contributed by atoms with van der Waals surface area (Å²) >= 11 is 2.00. The van der Waals surface area contributed by atoms with Crippen molar-refractivity contribution >= 4 is 17.6 Å². The monoisotopic (exact) mass is 259 g/mol. The molecule has 1 aliphatic carbocycles. The standard InChI is InChI=1S/C14H17N3S/c15-10-12-9-11-3-1-4-13(11)16-14(12)17-5-2-7-18-8-6-17/h9H,1-8H2. The van der Waals surface area contributed by atoms with E-state index in [0.29, 0.717) is 0 Å². The van der Waals surface area contributed by atoms with Crippen LogP contribution in [0.2, 0.25) is 0 Å². The lowest BCUT2D eigenvalue weighted by Gasteiger charge is -2.22. The minimum atomic E-state index is 0.766. The molecule has 3 rings (SSSR count). The van der Waals surface area contributed by atoms with Crippen LogP contribution >= 0.6 is 11.8 Å². The summed E-state index contributed by atoms with van der Waals surface area (Å²) in [5, 5.41) is 9.33. The van der Waals surface area contributed by atoms with Gasteiger partial charge in [-0.2, -0.15) is 17.0 Å². The Hall–Kier alpha value is -1.21. The highest BCUT2D eigenvalue weighted by molar-refractivity contribution is 7.99. The Labute approximate surface area is 112 Å². The predicted molar refractivity (Wildman–Crippen MR) is 75.1 cm³/mol. The highest BCUT2D eigenvalue weighted by atomic mass is 32.2. The summed E-state index contributed by atoms with van der Waals surface area (Å²) in [6.45, 7) is 2.05. The first kappa shape index (κ1) is 11.9. The first-order valence-electron chi connectivity index (χ1n) is 6.64. The van der Waals surface area contributed by atoms with Crippen LogP contribution < -0.4 is 4.90 Å². The number of thioether (sulfide) groups is 1. The third-order valence-electron chi connectivity index (χ3n) is 3.67. The molecule has 0 N–H and O–H groups in total. The van der Waals surface area contributed by atoms with Gasteiger partial charge in [0.05, 0.1) is 5.56 Å². The summed E-state index contributed by atoms with van der Waals surface area (Å²) in [5.41, 5.74) is 3.28. The molecule has 0 spiro atoms. The molecule has 4 heteroatoms. The molecule has 1 aromatic heterocycles. The number of hydrogen-bond donors (Lipinski definition) is 0. The van der Waals surface area contributed by atoms with Crippen LogP contribution in [0, 0.1) is 11.3 Å². The third kappa shape index (κ3) is 2.20. The highest BCUT2D eigenvalue weighted by Crippen LogP contribution is 2.28. The molecule has 94 valence electrons. The molecule has 1 aromatic rings. The average molecular weight is 259 g/mol. The molecule has 0 unspecified atom stereocenters. The van der Waals surface area contributed by atoms with Crippen molar-refractivity contribution in [1.29, 1.82) is 5.26 Å². The predicted octanol–water partition coefficient (Wildman–Crippen LogP) is 2.39. The SMILES string of the molecule is N#Cc1cc2c(nc1N1CCCSCC1)CCC2. The van der Waals surface area contributed by atoms with E-state index in [2.05, 4.69) is 17.0 Å². The molecule has 3 nitrogen and oxygen atoms in total. The second kappa shape index (κ2) is 5.19. The number of hydrogen-bond acceptors (Lipinski definition) is 4. The average Bonchev–Trinajstić information content (AvgIpc) is 2.68. The number of anilines is 1. The fraction of sp³-hybridized carbons (Fsp3) is 0.571. The number of nitriles is 1. The minimum absolute atomic E-state index is 0.766. The fourth-order valence-electron chi connectivity index (χ4n) is 2.74. The van der Waals surface area contributed by atoms with Gasteiger partial charge in [-0.25, -0.2) is 4.98 Å². The van der Waals surface area contributed by atoms with Crippen LogP contribution in [0.5, 0.6) is 0 Å². The maximum atomic E-state index is 9.33. The van der Waals surface area contributed by atoms with Gasteiger partial charge >= 0.3 is 0 Å². The van der Waals surface area contributed by atoms with Gasteiger partial charge in [-0.15, -0.1) is 0 Å². The molecule has 18 heavy (non-hydrogen) atoms. The van der Waals surface area contributed by atoms with Crippen LogP contribution in [0.15, 0.2) is 6.07 Å². The lowest BCUT2D eigenvalue weighted by atomic mass is 10.1. The van der Waals surface area contributed by atoms with Crippen molar-refractivity contribution in [2.75, 3.05) is 29.5 Å². The Morgan fingerprint density at radius 1 is 1.22 bits per heavy atom. The first-order chi connectivity index (χ1) is 8.88. The molecule has 0 aromatic carbocycles. The second-order valence-electron chi connectivity index (χ2n) is 4.88. The molecule has 0 saturated carbocycles. The Morgan fingerprint density at radius 2 is 2.17 bits per heavy atom. The molecule has 0 bridgehead atoms. The van der Waals surface area contributed by atoms with Gasteiger partial charge in [0.15, 0.2) is 0 Å². The fourth-order valence-corrected chi connectivity index (χ4v) is 3.63. The summed E-state index contributed by atoms with van der Waals surface area (Å²) in [6.07, 6.45) is 4.55. The molecule has 2 aliphatic rings. The van der Waals surface area contributed by atoms with Crippen LogP contribution in [0.3, 0.4) is 0 Å². The lowest BCUT2D eigenvalue weighted by Crippen LogP contribution is -2.27. The summed E-state index contributed by atoms with van der Waals surface area (Å²) in [7, 11) is 0. The second-order valence-corrected chi connectivity index (χ2v) is 6.11. The Balaban J connectivity index is 1.97. The van der Waals surface area contributed by atoms with Gasteiger partial charge in [-0.3, -0.25) is 0 Å². The smallest absolute Gasteiger partial charge is 0.146 e. The van der Waals surface area contributed by atoms with E-state index in [0.717, 1.165) is 43.1 Å². The third-order valence-corrected chi connectivity index (χ3v) is 4.72. The van der Waals surface area contributed by atoms with E-state index in [9.17, 15) is 5.26 Å². The Bertz CT molecular complexity index is 485. The molecule has 0 amide bonds. The molecule has 0 radical (unpaired) electrons. The van der Waals surface area contributed by atoms with Gasteiger partial charge in [-0.1, -0.05) is 0 Å². The number of aryl methyl sites for hydroxylation is 2. The van der Waals surface area contributed by atoms with Gasteiger partial charge in [0, 0.05) is 24.5 Å². The van der Waals surface area contributed by atoms with Gasteiger partial charge in [0.1, 0.15) is 11.9 Å². The van der Waals surface area contributed by atoms with Gasteiger partial charge < -0.3 is 4.90 Å². The Kier molecular flexibility index (Phi) is 3.42. The van der Waals surface area contributed by atoms with Crippen LogP contribution in [-0.4, -0.2) is 29.6 Å². The van der Waals surface area contributed by atoms with Gasteiger partial charge in [-0.05, 0) is 43.1 Å². The summed E-state index contributed by atoms with van der Waals surface area (Å²) < 4.78 is 0. The summed E-state index contributed by atoms with van der Waals surface area (Å²) in [5.74, 6) is 3.30. The van der Waals surface area contributed by atoms with E-state index < -0.39 is 0 Å². The maximum Gasteiger partial charge on any atom is 0.146 e. The largest absolute Gasteiger partial charge is 0.355 e. The molecule has 1 aliphatic heterocycles. The van der Waals surface area contributed by atoms with Crippen molar-refractivity contribution in [1.82, 2.24) is 4.98 Å². The minimum Gasteiger partial charge on any atom is -0.355 e. The van der Waals surface area contributed by atoms with Crippen molar-refractivity contribution in [3.63, 3.8) is 0 Å². The zero-order valence-corrected chi connectivity index (χ0v) is 11.3. The zero-order chi connectivity index (χ0) is 12.4. The van der Waals surface area contributed by atoms with Gasteiger partial charge in [0.2, 0.25) is 0 Å². The number of rotatable bonds is 1. The van der Waals surface area contributed by atoms with E-state index in [-0.39, 0.29) is 0 Å². The molecule has 0 atom stereocenters. The Morgan fingerprint density at radius 3 is 3.06 bits per heavy atom. The van der Waals surface area contributed by atoms with E-state index in [1.165, 1.54) is 29.9 Å². The van der Waals surface area contributed by atoms with Crippen LogP contribution in [0.25, 0.3) is 0 Å². The van der Waals surface area contributed by atoms with Gasteiger partial charge in [0.25, 0.3) is 0 Å². The van der Waals surface area contributed by atoms with E-state index in [1.807, 2.05) is 11.8 Å². The normalized spacial score (nSPS) is 19.2. The number of aromatic nitrogens is 1. The maximum absolute atomic E-state index is 9.33. The molecular formula is C14H17N3S. The topological polar surface area (TPSA) is 39.9 Å². The van der Waals surface area contributed by atoms with Crippen molar-refractivity contribution < 1.29 is 0 Å². The van der Waals surface area contributed by atoms with E-state index in [4.69, 9.17) is 4.98 Å². The number of fused-ring (bicyclic) bond motifs is 1. The zero-order valence-electron chi connectivity index (χ0n) is 10.5. The number of nitrogens with zero attached hydrogens (tertiary/aromatic N) is 3. The summed E-state index contributed by atoms with van der Waals surface area (Å²) in [4.78, 5) is 7.09. The summed E-state index contributed by atoms with van der Waals surface area (Å²) in [6, 6.07) is 4.40. The van der Waals surface area contributed by atoms with Crippen molar-refractivity contribution in [3.8, 4) is 6.07 Å². The van der Waals surface area contributed by atoms with E-state index in [1.54, 1.807) is 0 Å². The van der Waals surface area contributed by atoms with Crippen LogP contribution in [0.4, 0.5) is 5.82 Å². The van der Waals surface area contributed by atoms with Crippen molar-refractivity contribution in [3.05, 3.63) is 22.9 Å².